The molecule has 1 rings (SSSR count). The Hall–Kier alpha value is -1.86. The second kappa shape index (κ2) is 5.87. The number of hydrogen-bond donors (Lipinski definition) is 0. The van der Waals surface area contributed by atoms with E-state index in [0.29, 0.717) is 16.2 Å². The zero-order chi connectivity index (χ0) is 16.4. The zero-order valence-electron chi connectivity index (χ0n) is 11.5. The summed E-state index contributed by atoms with van der Waals surface area (Å²) in [5.41, 5.74) is 0.328. The van der Waals surface area contributed by atoms with E-state index in [-0.39, 0.29) is 0 Å². The van der Waals surface area contributed by atoms with E-state index in [1.807, 2.05) is 0 Å². The van der Waals surface area contributed by atoms with Crippen molar-refractivity contribution in [1.82, 2.24) is 4.90 Å². The summed E-state index contributed by atoms with van der Waals surface area (Å²) < 4.78 is 67.9. The van der Waals surface area contributed by atoms with Crippen LogP contribution in [0.4, 0.5) is 22.0 Å². The van der Waals surface area contributed by atoms with Gasteiger partial charge in [-0.2, -0.15) is 22.0 Å². The van der Waals surface area contributed by atoms with Crippen LogP contribution in [0.25, 0.3) is 0 Å². The summed E-state index contributed by atoms with van der Waals surface area (Å²) in [6.07, 6.45) is -5.93. The molecule has 0 bridgehead atoms. The molecule has 1 atom stereocenters. The summed E-state index contributed by atoms with van der Waals surface area (Å²) in [5, 5.41) is 0. The van der Waals surface area contributed by atoms with Crippen LogP contribution in [-0.2, 0) is 4.79 Å². The average molecular weight is 311 g/mol. The van der Waals surface area contributed by atoms with Crippen molar-refractivity contribution in [1.29, 1.82) is 0 Å². The Morgan fingerprint density at radius 3 is 2.19 bits per heavy atom. The molecule has 8 heteroatoms. The van der Waals surface area contributed by atoms with Crippen LogP contribution in [0.15, 0.2) is 24.3 Å². The van der Waals surface area contributed by atoms with Crippen molar-refractivity contribution in [3.8, 4) is 5.75 Å². The normalized spacial score (nSPS) is 13.7. The molecule has 21 heavy (non-hydrogen) atoms. The smallest absolute Gasteiger partial charge is 0.463 e. The number of hydrogen-bond acceptors (Lipinski definition) is 2. The average Bonchev–Trinajstić information content (AvgIpc) is 2.43. The van der Waals surface area contributed by atoms with Crippen LogP contribution in [0.3, 0.4) is 0 Å². The Balaban J connectivity index is 3.08. The molecule has 1 amide bonds. The molecule has 1 aromatic rings. The molecule has 0 aliphatic carbocycles. The molecule has 1 aromatic carbocycles. The summed E-state index contributed by atoms with van der Waals surface area (Å²) >= 11 is 0. The lowest BCUT2D eigenvalue weighted by Gasteiger charge is -2.30. The Bertz CT molecular complexity index is 516. The first-order valence-corrected chi connectivity index (χ1v) is 5.88. The topological polar surface area (TPSA) is 29.5 Å². The Morgan fingerprint density at radius 1 is 1.19 bits per heavy atom. The SMILES string of the molecule is COc1ccccc1C(C)N(C)C(=O)C(F)(F)C(F)(F)F. The van der Waals surface area contributed by atoms with Gasteiger partial charge >= 0.3 is 18.0 Å². The molecule has 118 valence electrons. The van der Waals surface area contributed by atoms with E-state index in [2.05, 4.69) is 0 Å². The molecule has 0 aliphatic rings. The van der Waals surface area contributed by atoms with E-state index in [1.54, 1.807) is 12.1 Å². The first-order valence-electron chi connectivity index (χ1n) is 5.88. The molecular formula is C13H14F5NO2. The second-order valence-corrected chi connectivity index (χ2v) is 4.41. The first-order chi connectivity index (χ1) is 9.54. The fourth-order valence-electron chi connectivity index (χ4n) is 1.74. The molecule has 0 fully saturated rings. The lowest BCUT2D eigenvalue weighted by molar-refractivity contribution is -0.274. The molecule has 0 aliphatic heterocycles. The fourth-order valence-corrected chi connectivity index (χ4v) is 1.74. The highest BCUT2D eigenvalue weighted by molar-refractivity contribution is 5.84. The highest BCUT2D eigenvalue weighted by atomic mass is 19.4. The van der Waals surface area contributed by atoms with Crippen LogP contribution in [0.2, 0.25) is 0 Å². The standard InChI is InChI=1S/C13H14F5NO2/c1-8(9-6-4-5-7-10(9)21-3)19(2)11(20)12(14,15)13(16,17)18/h4-8H,1-3H3. The number of benzene rings is 1. The van der Waals surface area contributed by atoms with Gasteiger partial charge in [0.25, 0.3) is 0 Å². The number of rotatable bonds is 4. The third kappa shape index (κ3) is 3.25. The minimum Gasteiger partial charge on any atom is -0.496 e. The number of ether oxygens (including phenoxy) is 1. The molecule has 1 unspecified atom stereocenters. The van der Waals surface area contributed by atoms with Gasteiger partial charge in [-0.3, -0.25) is 4.79 Å². The van der Waals surface area contributed by atoms with Gasteiger partial charge in [0.05, 0.1) is 13.2 Å². The Morgan fingerprint density at radius 2 is 1.71 bits per heavy atom. The van der Waals surface area contributed by atoms with Crippen molar-refractivity contribution in [3.05, 3.63) is 29.8 Å². The van der Waals surface area contributed by atoms with Crippen molar-refractivity contribution in [3.63, 3.8) is 0 Å². The molecule has 0 saturated heterocycles. The quantitative estimate of drug-likeness (QED) is 0.798. The maximum Gasteiger partial charge on any atom is 0.463 e. The maximum atomic E-state index is 13.1. The molecule has 0 radical (unpaired) electrons. The first kappa shape index (κ1) is 17.2. The summed E-state index contributed by atoms with van der Waals surface area (Å²) in [6, 6.07) is 5.17. The van der Waals surface area contributed by atoms with Crippen molar-refractivity contribution in [2.45, 2.75) is 25.1 Å². The predicted octanol–water partition coefficient (Wildman–Crippen LogP) is 3.41. The van der Waals surface area contributed by atoms with Crippen molar-refractivity contribution < 1.29 is 31.5 Å². The van der Waals surface area contributed by atoms with Crippen LogP contribution in [-0.4, -0.2) is 37.1 Å². The predicted molar refractivity (Wildman–Crippen MR) is 65.2 cm³/mol. The number of para-hydroxylation sites is 1. The largest absolute Gasteiger partial charge is 0.496 e. The van der Waals surface area contributed by atoms with Crippen LogP contribution in [0.1, 0.15) is 18.5 Å². The molecule has 0 spiro atoms. The Labute approximate surface area is 118 Å². The van der Waals surface area contributed by atoms with Gasteiger partial charge < -0.3 is 9.64 Å². The van der Waals surface area contributed by atoms with E-state index in [9.17, 15) is 26.7 Å². The zero-order valence-corrected chi connectivity index (χ0v) is 11.5. The summed E-state index contributed by atoms with van der Waals surface area (Å²) in [7, 11) is 2.22. The van der Waals surface area contributed by atoms with E-state index in [0.717, 1.165) is 7.05 Å². The van der Waals surface area contributed by atoms with Gasteiger partial charge in [-0.25, -0.2) is 0 Å². The molecule has 0 saturated carbocycles. The number of carbonyl (C=O) groups excluding carboxylic acids is 1. The lowest BCUT2D eigenvalue weighted by Crippen LogP contribution is -2.51. The second-order valence-electron chi connectivity index (χ2n) is 4.41. The molecule has 0 heterocycles. The van der Waals surface area contributed by atoms with Crippen LogP contribution >= 0.6 is 0 Å². The Kier molecular flexibility index (Phi) is 4.80. The van der Waals surface area contributed by atoms with Gasteiger partial charge in [-0.05, 0) is 13.0 Å². The molecule has 3 nitrogen and oxygen atoms in total. The van der Waals surface area contributed by atoms with E-state index in [4.69, 9.17) is 4.74 Å². The highest BCUT2D eigenvalue weighted by Gasteiger charge is 2.64. The highest BCUT2D eigenvalue weighted by Crippen LogP contribution is 2.39. The van der Waals surface area contributed by atoms with E-state index < -0.39 is 24.0 Å². The number of amides is 1. The number of alkyl halides is 5. The van der Waals surface area contributed by atoms with Crippen LogP contribution in [0, 0.1) is 0 Å². The van der Waals surface area contributed by atoms with Gasteiger partial charge in [-0.1, -0.05) is 18.2 Å². The third-order valence-electron chi connectivity index (χ3n) is 3.11. The third-order valence-corrected chi connectivity index (χ3v) is 3.11. The van der Waals surface area contributed by atoms with Crippen LogP contribution < -0.4 is 4.74 Å². The number of methoxy groups -OCH3 is 1. The van der Waals surface area contributed by atoms with Crippen molar-refractivity contribution >= 4 is 5.91 Å². The summed E-state index contributed by atoms with van der Waals surface area (Å²) in [5.74, 6) is -7.45. The summed E-state index contributed by atoms with van der Waals surface area (Å²) in [6.45, 7) is 1.34. The van der Waals surface area contributed by atoms with E-state index >= 15 is 0 Å². The monoisotopic (exact) mass is 311 g/mol. The molecule has 0 aromatic heterocycles. The number of carbonyl (C=O) groups is 1. The van der Waals surface area contributed by atoms with Gasteiger partial charge in [0.1, 0.15) is 5.75 Å². The van der Waals surface area contributed by atoms with Gasteiger partial charge in [0.15, 0.2) is 0 Å². The fraction of sp³-hybridized carbons (Fsp3) is 0.462. The minimum absolute atomic E-state index is 0.292. The maximum absolute atomic E-state index is 13.1. The number of halogens is 5. The van der Waals surface area contributed by atoms with Crippen molar-refractivity contribution in [2.75, 3.05) is 14.2 Å². The van der Waals surface area contributed by atoms with Crippen LogP contribution in [0.5, 0.6) is 5.75 Å². The summed E-state index contributed by atoms with van der Waals surface area (Å²) in [4.78, 5) is 11.8. The van der Waals surface area contributed by atoms with Gasteiger partial charge in [0.2, 0.25) is 0 Å². The van der Waals surface area contributed by atoms with Gasteiger partial charge in [0, 0.05) is 12.6 Å². The molecule has 0 N–H and O–H groups in total. The number of nitrogens with zero attached hydrogens (tertiary/aromatic N) is 1. The lowest BCUT2D eigenvalue weighted by atomic mass is 10.1. The molecular weight excluding hydrogens is 297 g/mol. The van der Waals surface area contributed by atoms with E-state index in [1.165, 1.54) is 26.2 Å². The van der Waals surface area contributed by atoms with Gasteiger partial charge in [-0.15, -0.1) is 0 Å². The minimum atomic E-state index is -5.93. The van der Waals surface area contributed by atoms with Crippen molar-refractivity contribution in [2.24, 2.45) is 0 Å².